The fourth-order valence-corrected chi connectivity index (χ4v) is 1.85. The van der Waals surface area contributed by atoms with Gasteiger partial charge in [-0.3, -0.25) is 0 Å². The first-order valence-electron chi connectivity index (χ1n) is 4.04. The molecule has 0 aromatic rings. The summed E-state index contributed by atoms with van der Waals surface area (Å²) in [5.41, 5.74) is 1.02. The second-order valence-corrected chi connectivity index (χ2v) is 3.15. The lowest BCUT2D eigenvalue weighted by Crippen LogP contribution is -2.12. The van der Waals surface area contributed by atoms with Gasteiger partial charge in [0.25, 0.3) is 0 Å². The molecule has 1 aliphatic rings. The van der Waals surface area contributed by atoms with Crippen molar-refractivity contribution in [2.24, 2.45) is 11.1 Å². The minimum absolute atomic E-state index is 0.512. The maximum Gasteiger partial charge on any atom is 0.106 e. The molecule has 0 aromatic heterocycles. The highest BCUT2D eigenvalue weighted by atomic mass is 35.5. The molecule has 1 saturated carbocycles. The molecule has 1 aliphatic carbocycles. The van der Waals surface area contributed by atoms with Crippen molar-refractivity contribution in [3.8, 4) is 0 Å². The van der Waals surface area contributed by atoms with Crippen LogP contribution in [0.2, 0.25) is 0 Å². The third-order valence-electron chi connectivity index (χ3n) is 2.17. The molecule has 0 unspecified atom stereocenters. The van der Waals surface area contributed by atoms with E-state index in [2.05, 4.69) is 5.16 Å². The number of oxime groups is 1. The minimum atomic E-state index is 0.512. The Hall–Kier alpha value is -0.240. The molecular weight excluding hydrogens is 162 g/mol. The fourth-order valence-electron chi connectivity index (χ4n) is 1.58. The quantitative estimate of drug-likeness (QED) is 0.367. The predicted molar refractivity (Wildman–Crippen MR) is 47.1 cm³/mol. The van der Waals surface area contributed by atoms with Gasteiger partial charge in [0.1, 0.15) is 7.11 Å². The van der Waals surface area contributed by atoms with E-state index < -0.39 is 0 Å². The number of alkyl halides is 1. The van der Waals surface area contributed by atoms with Crippen LogP contribution in [0.5, 0.6) is 0 Å². The number of hydrogen-bond donors (Lipinski definition) is 0. The Morgan fingerprint density at radius 1 is 1.55 bits per heavy atom. The van der Waals surface area contributed by atoms with Gasteiger partial charge in [-0.15, -0.1) is 11.6 Å². The van der Waals surface area contributed by atoms with Crippen LogP contribution < -0.4 is 0 Å². The van der Waals surface area contributed by atoms with Gasteiger partial charge < -0.3 is 4.84 Å². The van der Waals surface area contributed by atoms with Gasteiger partial charge in [-0.2, -0.15) is 0 Å². The number of halogens is 1. The van der Waals surface area contributed by atoms with Crippen molar-refractivity contribution < 1.29 is 4.84 Å². The highest BCUT2D eigenvalue weighted by Crippen LogP contribution is 2.26. The van der Waals surface area contributed by atoms with E-state index >= 15 is 0 Å². The largest absolute Gasteiger partial charge is 0.399 e. The van der Waals surface area contributed by atoms with Gasteiger partial charge in [0, 0.05) is 5.92 Å². The molecule has 0 bridgehead atoms. The molecule has 0 aromatic carbocycles. The van der Waals surface area contributed by atoms with Crippen molar-refractivity contribution in [3.63, 3.8) is 0 Å². The molecule has 64 valence electrons. The highest BCUT2D eigenvalue weighted by Gasteiger charge is 2.20. The number of rotatable bonds is 3. The van der Waals surface area contributed by atoms with E-state index in [0.717, 1.165) is 5.71 Å². The monoisotopic (exact) mass is 175 g/mol. The summed E-state index contributed by atoms with van der Waals surface area (Å²) in [6.45, 7) is 0. The summed E-state index contributed by atoms with van der Waals surface area (Å²) in [4.78, 5) is 4.71. The normalized spacial score (nSPS) is 20.7. The van der Waals surface area contributed by atoms with Gasteiger partial charge in [0.05, 0.1) is 11.6 Å². The van der Waals surface area contributed by atoms with Crippen molar-refractivity contribution in [1.29, 1.82) is 0 Å². The Balaban J connectivity index is 2.46. The van der Waals surface area contributed by atoms with Crippen LogP contribution in [0.4, 0.5) is 0 Å². The summed E-state index contributed by atoms with van der Waals surface area (Å²) < 4.78 is 0. The van der Waals surface area contributed by atoms with E-state index in [1.807, 2.05) is 0 Å². The van der Waals surface area contributed by atoms with E-state index in [-0.39, 0.29) is 0 Å². The lowest BCUT2D eigenvalue weighted by molar-refractivity contribution is 0.211. The molecule has 0 N–H and O–H groups in total. The molecule has 0 saturated heterocycles. The maximum atomic E-state index is 5.72. The van der Waals surface area contributed by atoms with Gasteiger partial charge in [-0.1, -0.05) is 18.0 Å². The Morgan fingerprint density at radius 2 is 2.18 bits per heavy atom. The number of hydrogen-bond acceptors (Lipinski definition) is 2. The van der Waals surface area contributed by atoms with Gasteiger partial charge in [0.15, 0.2) is 0 Å². The molecule has 0 aliphatic heterocycles. The van der Waals surface area contributed by atoms with E-state index in [4.69, 9.17) is 16.4 Å². The van der Waals surface area contributed by atoms with Crippen LogP contribution in [0.15, 0.2) is 5.16 Å². The lowest BCUT2D eigenvalue weighted by atomic mass is 10.0. The molecule has 0 spiro atoms. The average molecular weight is 176 g/mol. The van der Waals surface area contributed by atoms with Crippen LogP contribution in [0.3, 0.4) is 0 Å². The van der Waals surface area contributed by atoms with Crippen molar-refractivity contribution in [1.82, 2.24) is 0 Å². The van der Waals surface area contributed by atoms with Crippen molar-refractivity contribution in [2.45, 2.75) is 25.7 Å². The summed E-state index contributed by atoms with van der Waals surface area (Å²) in [6, 6.07) is 0. The standard InChI is InChI=1S/C8H14ClNO/c1-11-10-8(6-9)7-4-2-3-5-7/h7H,2-6H2,1H3/b10-8+. The average Bonchev–Trinajstić information content (AvgIpc) is 2.52. The first-order chi connectivity index (χ1) is 5.38. The summed E-state index contributed by atoms with van der Waals surface area (Å²) >= 11 is 5.72. The summed E-state index contributed by atoms with van der Waals surface area (Å²) in [5, 5.41) is 3.91. The zero-order valence-corrected chi connectivity index (χ0v) is 7.60. The maximum absolute atomic E-state index is 5.72. The first kappa shape index (κ1) is 8.85. The topological polar surface area (TPSA) is 21.6 Å². The van der Waals surface area contributed by atoms with Gasteiger partial charge >= 0.3 is 0 Å². The van der Waals surface area contributed by atoms with Crippen LogP contribution in [0.1, 0.15) is 25.7 Å². The second-order valence-electron chi connectivity index (χ2n) is 2.88. The smallest absolute Gasteiger partial charge is 0.106 e. The van der Waals surface area contributed by atoms with Crippen molar-refractivity contribution in [3.05, 3.63) is 0 Å². The van der Waals surface area contributed by atoms with Crippen LogP contribution in [0, 0.1) is 5.92 Å². The molecule has 3 heteroatoms. The minimum Gasteiger partial charge on any atom is -0.399 e. The Kier molecular flexibility index (Phi) is 3.70. The molecule has 2 nitrogen and oxygen atoms in total. The zero-order valence-electron chi connectivity index (χ0n) is 6.85. The van der Waals surface area contributed by atoms with Crippen molar-refractivity contribution >= 4 is 17.3 Å². The Morgan fingerprint density at radius 3 is 2.64 bits per heavy atom. The molecule has 1 rings (SSSR count). The molecule has 1 fully saturated rings. The van der Waals surface area contributed by atoms with Crippen LogP contribution in [-0.4, -0.2) is 18.7 Å². The van der Waals surface area contributed by atoms with Gasteiger partial charge in [-0.25, -0.2) is 0 Å². The lowest BCUT2D eigenvalue weighted by Gasteiger charge is -2.08. The van der Waals surface area contributed by atoms with Crippen molar-refractivity contribution in [2.75, 3.05) is 13.0 Å². The third kappa shape index (κ3) is 2.37. The van der Waals surface area contributed by atoms with Crippen LogP contribution >= 0.6 is 11.6 Å². The van der Waals surface area contributed by atoms with Crippen LogP contribution in [0.25, 0.3) is 0 Å². The Labute approximate surface area is 72.6 Å². The second kappa shape index (κ2) is 4.60. The summed E-state index contributed by atoms with van der Waals surface area (Å²) in [7, 11) is 1.57. The molecule has 0 amide bonds. The van der Waals surface area contributed by atoms with Crippen LogP contribution in [-0.2, 0) is 4.84 Å². The summed E-state index contributed by atoms with van der Waals surface area (Å²) in [5.74, 6) is 1.10. The molecular formula is C8H14ClNO. The SMILES string of the molecule is CO/N=C(\CCl)C1CCCC1. The van der Waals surface area contributed by atoms with Gasteiger partial charge in [-0.05, 0) is 12.8 Å². The van der Waals surface area contributed by atoms with E-state index in [9.17, 15) is 0 Å². The van der Waals surface area contributed by atoms with E-state index in [1.54, 1.807) is 7.11 Å². The third-order valence-corrected chi connectivity index (χ3v) is 2.45. The Bertz CT molecular complexity index is 141. The van der Waals surface area contributed by atoms with Gasteiger partial charge in [0.2, 0.25) is 0 Å². The fraction of sp³-hybridized carbons (Fsp3) is 0.875. The number of nitrogens with zero attached hydrogens (tertiary/aromatic N) is 1. The summed E-state index contributed by atoms with van der Waals surface area (Å²) in [6.07, 6.45) is 5.08. The molecule has 0 radical (unpaired) electrons. The molecule has 0 atom stereocenters. The first-order valence-corrected chi connectivity index (χ1v) is 4.57. The predicted octanol–water partition coefficient (Wildman–Crippen LogP) is 2.42. The van der Waals surface area contributed by atoms with E-state index in [1.165, 1.54) is 25.7 Å². The highest BCUT2D eigenvalue weighted by molar-refractivity contribution is 6.28. The zero-order chi connectivity index (χ0) is 8.10. The van der Waals surface area contributed by atoms with E-state index in [0.29, 0.717) is 11.8 Å². The molecule has 0 heterocycles. The molecule has 11 heavy (non-hydrogen) atoms.